The molecule has 1 aliphatic heterocycles. The third-order valence-electron chi connectivity index (χ3n) is 3.02. The van der Waals surface area contributed by atoms with Crippen molar-refractivity contribution in [3.8, 4) is 0 Å². The molecule has 2 rings (SSSR count). The highest BCUT2D eigenvalue weighted by Gasteiger charge is 2.21. The maximum absolute atomic E-state index is 11.4. The number of rotatable bonds is 4. The van der Waals surface area contributed by atoms with Gasteiger partial charge in [-0.25, -0.2) is 0 Å². The minimum Gasteiger partial charge on any atom is -0.481 e. The minimum absolute atomic E-state index is 0.0559. The molecule has 0 saturated carbocycles. The van der Waals surface area contributed by atoms with Crippen molar-refractivity contribution in [2.75, 3.05) is 23.3 Å². The molecular weight excluding hydrogens is 232 g/mol. The van der Waals surface area contributed by atoms with E-state index in [1.54, 1.807) is 11.8 Å². The Morgan fingerprint density at radius 1 is 1.44 bits per heavy atom. The molecule has 1 aromatic rings. The Morgan fingerprint density at radius 3 is 2.89 bits per heavy atom. The molecule has 0 aliphatic carbocycles. The average Bonchev–Trinajstić information content (AvgIpc) is 2.71. The number of amides is 1. The Balaban J connectivity index is 2.05. The highest BCUT2D eigenvalue weighted by Crippen LogP contribution is 2.30. The molecular formula is C13H16N2O3. The second kappa shape index (κ2) is 5.08. The van der Waals surface area contributed by atoms with Crippen molar-refractivity contribution in [1.29, 1.82) is 0 Å². The van der Waals surface area contributed by atoms with Gasteiger partial charge in [0, 0.05) is 31.4 Å². The Hall–Kier alpha value is -2.04. The number of nitrogens with one attached hydrogen (secondary N) is 1. The smallest absolute Gasteiger partial charge is 0.305 e. The van der Waals surface area contributed by atoms with Crippen molar-refractivity contribution in [3.05, 3.63) is 23.8 Å². The average molecular weight is 248 g/mol. The van der Waals surface area contributed by atoms with E-state index in [2.05, 4.69) is 5.32 Å². The number of benzene rings is 1. The number of anilines is 2. The van der Waals surface area contributed by atoms with Crippen molar-refractivity contribution in [3.63, 3.8) is 0 Å². The maximum Gasteiger partial charge on any atom is 0.305 e. The molecule has 5 heteroatoms. The summed E-state index contributed by atoms with van der Waals surface area (Å²) in [6, 6.07) is 5.77. The van der Waals surface area contributed by atoms with Gasteiger partial charge in [-0.05, 0) is 30.2 Å². The van der Waals surface area contributed by atoms with E-state index in [1.165, 1.54) is 0 Å². The summed E-state index contributed by atoms with van der Waals surface area (Å²) in [6.45, 7) is 2.70. The lowest BCUT2D eigenvalue weighted by molar-refractivity contribution is -0.136. The number of fused-ring (bicyclic) bond motifs is 1. The van der Waals surface area contributed by atoms with Gasteiger partial charge in [0.2, 0.25) is 5.91 Å². The van der Waals surface area contributed by atoms with Gasteiger partial charge in [-0.1, -0.05) is 0 Å². The predicted molar refractivity (Wildman–Crippen MR) is 68.9 cm³/mol. The molecule has 0 bridgehead atoms. The lowest BCUT2D eigenvalue weighted by Crippen LogP contribution is -2.25. The Bertz CT molecular complexity index is 485. The van der Waals surface area contributed by atoms with Crippen LogP contribution in [0, 0.1) is 0 Å². The number of nitrogens with zero attached hydrogens (tertiary/aromatic N) is 1. The van der Waals surface area contributed by atoms with Crippen LogP contribution in [-0.2, 0) is 16.0 Å². The number of carboxylic acid groups (broad SMARTS) is 1. The van der Waals surface area contributed by atoms with E-state index in [1.807, 2.05) is 18.2 Å². The summed E-state index contributed by atoms with van der Waals surface area (Å²) in [5.41, 5.74) is 3.00. The standard InChI is InChI=1S/C13H16N2O3/c1-9(16)15-7-5-10-8-11(2-3-12(10)15)14-6-4-13(17)18/h2-3,8,14H,4-7H2,1H3,(H,17,18). The molecule has 0 atom stereocenters. The van der Waals surface area contributed by atoms with Gasteiger partial charge >= 0.3 is 5.97 Å². The molecule has 1 heterocycles. The molecule has 5 nitrogen and oxygen atoms in total. The van der Waals surface area contributed by atoms with Crippen LogP contribution >= 0.6 is 0 Å². The van der Waals surface area contributed by atoms with Crippen molar-refractivity contribution in [2.45, 2.75) is 19.8 Å². The third-order valence-corrected chi connectivity index (χ3v) is 3.02. The van der Waals surface area contributed by atoms with Crippen molar-refractivity contribution < 1.29 is 14.7 Å². The first kappa shape index (κ1) is 12.4. The molecule has 0 saturated heterocycles. The van der Waals surface area contributed by atoms with Crippen LogP contribution in [0.1, 0.15) is 18.9 Å². The van der Waals surface area contributed by atoms with Gasteiger partial charge in [-0.15, -0.1) is 0 Å². The van der Waals surface area contributed by atoms with Gasteiger partial charge in [0.1, 0.15) is 0 Å². The van der Waals surface area contributed by atoms with E-state index in [0.717, 1.165) is 29.9 Å². The topological polar surface area (TPSA) is 69.6 Å². The molecule has 18 heavy (non-hydrogen) atoms. The van der Waals surface area contributed by atoms with E-state index < -0.39 is 5.97 Å². The van der Waals surface area contributed by atoms with Gasteiger partial charge < -0.3 is 15.3 Å². The molecule has 0 radical (unpaired) electrons. The summed E-state index contributed by atoms with van der Waals surface area (Å²) in [6.07, 6.45) is 0.944. The summed E-state index contributed by atoms with van der Waals surface area (Å²) in [7, 11) is 0. The van der Waals surface area contributed by atoms with Crippen LogP contribution < -0.4 is 10.2 Å². The lowest BCUT2D eigenvalue weighted by Gasteiger charge is -2.15. The lowest BCUT2D eigenvalue weighted by atomic mass is 10.1. The second-order valence-corrected chi connectivity index (χ2v) is 4.33. The fourth-order valence-corrected chi connectivity index (χ4v) is 2.15. The van der Waals surface area contributed by atoms with E-state index in [9.17, 15) is 9.59 Å². The summed E-state index contributed by atoms with van der Waals surface area (Å²) in [5, 5.41) is 11.6. The van der Waals surface area contributed by atoms with E-state index in [0.29, 0.717) is 6.54 Å². The number of carboxylic acids is 1. The summed E-state index contributed by atoms with van der Waals surface area (Å²) >= 11 is 0. The zero-order valence-electron chi connectivity index (χ0n) is 10.3. The molecule has 0 fully saturated rings. The van der Waals surface area contributed by atoms with Crippen LogP contribution in [0.5, 0.6) is 0 Å². The number of carbonyl (C=O) groups is 2. The quantitative estimate of drug-likeness (QED) is 0.846. The van der Waals surface area contributed by atoms with Gasteiger partial charge in [-0.3, -0.25) is 9.59 Å². The maximum atomic E-state index is 11.4. The monoisotopic (exact) mass is 248 g/mol. The number of aliphatic carboxylic acids is 1. The fourth-order valence-electron chi connectivity index (χ4n) is 2.15. The first-order valence-corrected chi connectivity index (χ1v) is 5.94. The first-order valence-electron chi connectivity index (χ1n) is 5.94. The van der Waals surface area contributed by atoms with Crippen molar-refractivity contribution in [2.24, 2.45) is 0 Å². The number of carbonyl (C=O) groups excluding carboxylic acids is 1. The second-order valence-electron chi connectivity index (χ2n) is 4.33. The van der Waals surface area contributed by atoms with Gasteiger partial charge in [0.25, 0.3) is 0 Å². The molecule has 2 N–H and O–H groups in total. The van der Waals surface area contributed by atoms with Crippen LogP contribution in [0.25, 0.3) is 0 Å². The fraction of sp³-hybridized carbons (Fsp3) is 0.385. The normalized spacial score (nSPS) is 13.3. The minimum atomic E-state index is -0.814. The third kappa shape index (κ3) is 2.61. The van der Waals surface area contributed by atoms with E-state index in [-0.39, 0.29) is 12.3 Å². The summed E-state index contributed by atoms with van der Waals surface area (Å²) in [4.78, 5) is 23.6. The molecule has 0 aromatic heterocycles. The molecule has 1 aromatic carbocycles. The summed E-state index contributed by atoms with van der Waals surface area (Å²) < 4.78 is 0. The van der Waals surface area contributed by atoms with Gasteiger partial charge in [-0.2, -0.15) is 0 Å². The highest BCUT2D eigenvalue weighted by atomic mass is 16.4. The molecule has 1 aliphatic rings. The van der Waals surface area contributed by atoms with E-state index in [4.69, 9.17) is 5.11 Å². The van der Waals surface area contributed by atoms with Crippen LogP contribution in [-0.4, -0.2) is 30.1 Å². The zero-order valence-corrected chi connectivity index (χ0v) is 10.3. The van der Waals surface area contributed by atoms with E-state index >= 15 is 0 Å². The predicted octanol–water partition coefficient (Wildman–Crippen LogP) is 1.48. The zero-order chi connectivity index (χ0) is 13.1. The molecule has 1 amide bonds. The van der Waals surface area contributed by atoms with Gasteiger partial charge in [0.15, 0.2) is 0 Å². The van der Waals surface area contributed by atoms with Crippen molar-refractivity contribution >= 4 is 23.3 Å². The Labute approximate surface area is 105 Å². The largest absolute Gasteiger partial charge is 0.481 e. The summed E-state index contributed by atoms with van der Waals surface area (Å²) in [5.74, 6) is -0.758. The van der Waals surface area contributed by atoms with Crippen LogP contribution in [0.15, 0.2) is 18.2 Å². The Kier molecular flexibility index (Phi) is 3.50. The van der Waals surface area contributed by atoms with Crippen molar-refractivity contribution in [1.82, 2.24) is 0 Å². The SMILES string of the molecule is CC(=O)N1CCc2cc(NCCC(=O)O)ccc21. The highest BCUT2D eigenvalue weighted by molar-refractivity contribution is 5.94. The van der Waals surface area contributed by atoms with Crippen LogP contribution in [0.3, 0.4) is 0 Å². The molecule has 96 valence electrons. The van der Waals surface area contributed by atoms with Crippen LogP contribution in [0.4, 0.5) is 11.4 Å². The molecule has 0 unspecified atom stereocenters. The molecule has 0 spiro atoms. The Morgan fingerprint density at radius 2 is 2.22 bits per heavy atom. The van der Waals surface area contributed by atoms with Gasteiger partial charge in [0.05, 0.1) is 6.42 Å². The first-order chi connectivity index (χ1) is 8.58. The number of hydrogen-bond donors (Lipinski definition) is 2. The van der Waals surface area contributed by atoms with Crippen LogP contribution in [0.2, 0.25) is 0 Å². The number of hydrogen-bond acceptors (Lipinski definition) is 3.